The third-order valence-corrected chi connectivity index (χ3v) is 6.19. The molecule has 35 heavy (non-hydrogen) atoms. The van der Waals surface area contributed by atoms with Crippen molar-refractivity contribution in [3.8, 4) is 11.1 Å². The molecule has 0 radical (unpaired) electrons. The quantitative estimate of drug-likeness (QED) is 0.307. The second-order valence-electron chi connectivity index (χ2n) is 8.55. The maximum Gasteiger partial charge on any atom is 0.226 e. The molecule has 1 saturated heterocycles. The number of fused-ring (bicyclic) bond motifs is 1. The van der Waals surface area contributed by atoms with Crippen LogP contribution in [0.5, 0.6) is 0 Å². The van der Waals surface area contributed by atoms with Crippen LogP contribution in [0.4, 0.5) is 31.7 Å². The fraction of sp³-hybridized carbons (Fsp3) is 0.192. The van der Waals surface area contributed by atoms with E-state index in [4.69, 9.17) is 15.7 Å². The molecule has 0 unspecified atom stereocenters. The predicted octanol–water partition coefficient (Wildman–Crippen LogP) is 6.00. The van der Waals surface area contributed by atoms with Crippen molar-refractivity contribution in [3.05, 3.63) is 65.7 Å². The summed E-state index contributed by atoms with van der Waals surface area (Å²) in [5, 5.41) is 15.4. The Labute approximate surface area is 200 Å². The van der Waals surface area contributed by atoms with Gasteiger partial charge in [0.15, 0.2) is 17.2 Å². The van der Waals surface area contributed by atoms with Gasteiger partial charge in [0.1, 0.15) is 5.82 Å². The fourth-order valence-corrected chi connectivity index (χ4v) is 4.37. The summed E-state index contributed by atoms with van der Waals surface area (Å²) in [6, 6.07) is 12.4. The first-order valence-electron chi connectivity index (χ1n) is 11.2. The van der Waals surface area contributed by atoms with E-state index >= 15 is 8.78 Å². The standard InChI is InChI=1S/C26H23F2N5O2/c1-14(29)17-8-9-19(18-7-6-16(13-21(18)27)33-11-3-2-4-23(33)34)24(28)25(17)31-15-5-10-22-20(12-15)26(30)32-35-22/h5-10,12-13,29,31H,2-4,11H2,1H3,(H2,30,32). The number of nitrogens with one attached hydrogen (secondary N) is 2. The number of halogens is 2. The Hall–Kier alpha value is -4.27. The Kier molecular flexibility index (Phi) is 5.68. The van der Waals surface area contributed by atoms with Gasteiger partial charge in [-0.25, -0.2) is 8.78 Å². The van der Waals surface area contributed by atoms with Gasteiger partial charge >= 0.3 is 0 Å². The van der Waals surface area contributed by atoms with Gasteiger partial charge in [-0.3, -0.25) is 4.79 Å². The molecular weight excluding hydrogens is 452 g/mol. The van der Waals surface area contributed by atoms with E-state index in [2.05, 4.69) is 10.5 Å². The van der Waals surface area contributed by atoms with Gasteiger partial charge in [-0.2, -0.15) is 0 Å². The number of anilines is 4. The van der Waals surface area contributed by atoms with E-state index in [1.165, 1.54) is 18.2 Å². The number of benzene rings is 3. The summed E-state index contributed by atoms with van der Waals surface area (Å²) in [5.74, 6) is -1.18. The summed E-state index contributed by atoms with van der Waals surface area (Å²) in [6.45, 7) is 2.08. The lowest BCUT2D eigenvalue weighted by Crippen LogP contribution is -2.35. The number of carbonyl (C=O) groups is 1. The number of carbonyl (C=O) groups excluding carboxylic acids is 1. The van der Waals surface area contributed by atoms with Gasteiger partial charge in [0.05, 0.1) is 11.1 Å². The number of nitrogen functional groups attached to an aromatic ring is 1. The van der Waals surface area contributed by atoms with Gasteiger partial charge < -0.3 is 25.9 Å². The Morgan fingerprint density at radius 2 is 1.91 bits per heavy atom. The van der Waals surface area contributed by atoms with Crippen molar-refractivity contribution >= 4 is 45.5 Å². The number of piperidine rings is 1. The van der Waals surface area contributed by atoms with E-state index in [0.717, 1.165) is 12.8 Å². The summed E-state index contributed by atoms with van der Waals surface area (Å²) in [4.78, 5) is 13.8. The van der Waals surface area contributed by atoms with Crippen molar-refractivity contribution in [2.75, 3.05) is 22.5 Å². The Balaban J connectivity index is 1.55. The number of rotatable bonds is 5. The fourth-order valence-electron chi connectivity index (χ4n) is 4.37. The summed E-state index contributed by atoms with van der Waals surface area (Å²) in [6.07, 6.45) is 2.12. The lowest BCUT2D eigenvalue weighted by Gasteiger charge is -2.27. The number of aromatic nitrogens is 1. The van der Waals surface area contributed by atoms with Crippen molar-refractivity contribution < 1.29 is 18.1 Å². The van der Waals surface area contributed by atoms with Crippen LogP contribution in [0.2, 0.25) is 0 Å². The zero-order chi connectivity index (χ0) is 24.7. The van der Waals surface area contributed by atoms with Crippen LogP contribution in [-0.4, -0.2) is 23.3 Å². The summed E-state index contributed by atoms with van der Waals surface area (Å²) in [5.41, 5.74) is 7.90. The number of hydrogen-bond acceptors (Lipinski definition) is 6. The highest BCUT2D eigenvalue weighted by atomic mass is 19.1. The molecule has 4 aromatic rings. The number of hydrogen-bond donors (Lipinski definition) is 3. The molecule has 1 amide bonds. The molecule has 0 bridgehead atoms. The molecule has 0 aliphatic carbocycles. The van der Waals surface area contributed by atoms with E-state index in [0.29, 0.717) is 40.9 Å². The monoisotopic (exact) mass is 475 g/mol. The minimum atomic E-state index is -0.701. The van der Waals surface area contributed by atoms with Crippen LogP contribution in [0, 0.1) is 17.0 Å². The summed E-state index contributed by atoms with van der Waals surface area (Å²) < 4.78 is 36.2. The molecule has 1 aliphatic heterocycles. The molecule has 0 spiro atoms. The van der Waals surface area contributed by atoms with Crippen LogP contribution in [-0.2, 0) is 4.79 Å². The van der Waals surface area contributed by atoms with Crippen molar-refractivity contribution in [2.45, 2.75) is 26.2 Å². The highest BCUT2D eigenvalue weighted by molar-refractivity contribution is 6.03. The lowest BCUT2D eigenvalue weighted by atomic mass is 9.98. The van der Waals surface area contributed by atoms with Gasteiger partial charge in [0.25, 0.3) is 0 Å². The van der Waals surface area contributed by atoms with Gasteiger partial charge in [-0.05, 0) is 56.2 Å². The molecule has 9 heteroatoms. The zero-order valence-corrected chi connectivity index (χ0v) is 19.0. The smallest absolute Gasteiger partial charge is 0.226 e. The molecule has 3 aromatic carbocycles. The van der Waals surface area contributed by atoms with Crippen LogP contribution in [0.3, 0.4) is 0 Å². The molecule has 1 aliphatic rings. The van der Waals surface area contributed by atoms with Crippen LogP contribution in [0.25, 0.3) is 22.1 Å². The third-order valence-electron chi connectivity index (χ3n) is 6.19. The Bertz CT molecular complexity index is 1480. The highest BCUT2D eigenvalue weighted by Crippen LogP contribution is 2.36. The molecule has 1 aromatic heterocycles. The normalized spacial score (nSPS) is 13.9. The van der Waals surface area contributed by atoms with E-state index in [9.17, 15) is 4.79 Å². The van der Waals surface area contributed by atoms with Crippen LogP contribution in [0.1, 0.15) is 31.7 Å². The SMILES string of the molecule is CC(=N)c1ccc(-c2ccc(N3CCCCC3=O)cc2F)c(F)c1Nc1ccc2onc(N)c2c1. The number of amides is 1. The largest absolute Gasteiger partial charge is 0.380 e. The molecule has 2 heterocycles. The van der Waals surface area contributed by atoms with Crippen molar-refractivity contribution in [2.24, 2.45) is 0 Å². The van der Waals surface area contributed by atoms with E-state index < -0.39 is 11.6 Å². The Morgan fingerprint density at radius 3 is 2.66 bits per heavy atom. The second-order valence-corrected chi connectivity index (χ2v) is 8.55. The number of nitrogens with zero attached hydrogens (tertiary/aromatic N) is 2. The lowest BCUT2D eigenvalue weighted by molar-refractivity contribution is -0.119. The molecule has 7 nitrogen and oxygen atoms in total. The minimum Gasteiger partial charge on any atom is -0.380 e. The summed E-state index contributed by atoms with van der Waals surface area (Å²) >= 11 is 0. The summed E-state index contributed by atoms with van der Waals surface area (Å²) in [7, 11) is 0. The van der Waals surface area contributed by atoms with Gasteiger partial charge in [0.2, 0.25) is 5.91 Å². The van der Waals surface area contributed by atoms with Gasteiger partial charge in [-0.15, -0.1) is 0 Å². The first kappa shape index (κ1) is 22.5. The zero-order valence-electron chi connectivity index (χ0n) is 19.0. The van der Waals surface area contributed by atoms with Gasteiger partial charge in [-0.1, -0.05) is 17.3 Å². The van der Waals surface area contributed by atoms with Crippen LogP contribution >= 0.6 is 0 Å². The van der Waals surface area contributed by atoms with E-state index in [-0.39, 0.29) is 34.3 Å². The van der Waals surface area contributed by atoms with Crippen molar-refractivity contribution in [1.29, 1.82) is 5.41 Å². The molecule has 4 N–H and O–H groups in total. The van der Waals surface area contributed by atoms with Crippen molar-refractivity contribution in [1.82, 2.24) is 5.16 Å². The molecule has 0 saturated carbocycles. The average Bonchev–Trinajstić information content (AvgIpc) is 3.21. The minimum absolute atomic E-state index is 0.0390. The maximum absolute atomic E-state index is 15.8. The van der Waals surface area contributed by atoms with Crippen LogP contribution in [0.15, 0.2) is 53.1 Å². The van der Waals surface area contributed by atoms with Crippen molar-refractivity contribution in [3.63, 3.8) is 0 Å². The van der Waals surface area contributed by atoms with Crippen LogP contribution < -0.4 is 16.0 Å². The predicted molar refractivity (Wildman–Crippen MR) is 132 cm³/mol. The van der Waals surface area contributed by atoms with Gasteiger partial charge in [0, 0.05) is 46.7 Å². The molecule has 0 atom stereocenters. The Morgan fingerprint density at radius 1 is 1.11 bits per heavy atom. The first-order valence-corrected chi connectivity index (χ1v) is 11.2. The van der Waals surface area contributed by atoms with E-state index in [1.807, 2.05) is 0 Å². The molecule has 5 rings (SSSR count). The third kappa shape index (κ3) is 4.09. The molecule has 1 fully saturated rings. The topological polar surface area (TPSA) is 108 Å². The highest BCUT2D eigenvalue weighted by Gasteiger charge is 2.23. The first-order chi connectivity index (χ1) is 16.8. The van der Waals surface area contributed by atoms with E-state index in [1.54, 1.807) is 42.2 Å². The molecule has 178 valence electrons. The second kappa shape index (κ2) is 8.83. The molecular formula is C26H23F2N5O2. The average molecular weight is 475 g/mol. The maximum atomic E-state index is 15.8. The number of nitrogens with two attached hydrogens (primary N) is 1.